The second-order valence-electron chi connectivity index (χ2n) is 5.76. The molecule has 1 atom stereocenters. The summed E-state index contributed by atoms with van der Waals surface area (Å²) in [7, 11) is 0. The Morgan fingerprint density at radius 1 is 0.857 bits per heavy atom. The normalized spacial score (nSPS) is 12.6. The fraction of sp³-hybridized carbons (Fsp3) is 0.368. The molecular formula is C19H24ClN. The quantitative estimate of drug-likeness (QED) is 0.737. The maximum absolute atomic E-state index is 6.00. The van der Waals surface area contributed by atoms with Crippen LogP contribution >= 0.6 is 11.6 Å². The Hall–Kier alpha value is -1.31. The summed E-state index contributed by atoms with van der Waals surface area (Å²) in [5.41, 5.74) is 3.93. The van der Waals surface area contributed by atoms with E-state index in [0.717, 1.165) is 18.0 Å². The molecule has 0 spiro atoms. The fourth-order valence-electron chi connectivity index (χ4n) is 2.45. The summed E-state index contributed by atoms with van der Waals surface area (Å²) in [4.78, 5) is 0. The van der Waals surface area contributed by atoms with Crippen molar-refractivity contribution < 1.29 is 0 Å². The Morgan fingerprint density at radius 3 is 1.81 bits per heavy atom. The van der Waals surface area contributed by atoms with Crippen LogP contribution in [0.15, 0.2) is 48.5 Å². The minimum atomic E-state index is 0.225. The third kappa shape index (κ3) is 4.33. The lowest BCUT2D eigenvalue weighted by atomic mass is 9.95. The van der Waals surface area contributed by atoms with Crippen LogP contribution in [0.3, 0.4) is 0 Å². The second-order valence-corrected chi connectivity index (χ2v) is 6.20. The molecule has 0 saturated heterocycles. The summed E-state index contributed by atoms with van der Waals surface area (Å²) < 4.78 is 0. The van der Waals surface area contributed by atoms with Crippen LogP contribution in [0.5, 0.6) is 0 Å². The van der Waals surface area contributed by atoms with E-state index in [-0.39, 0.29) is 6.04 Å². The largest absolute Gasteiger partial charge is 0.306 e. The molecule has 112 valence electrons. The van der Waals surface area contributed by atoms with Crippen molar-refractivity contribution in [2.24, 2.45) is 0 Å². The van der Waals surface area contributed by atoms with Crippen molar-refractivity contribution in [2.45, 2.75) is 39.2 Å². The lowest BCUT2D eigenvalue weighted by molar-refractivity contribution is 0.598. The summed E-state index contributed by atoms with van der Waals surface area (Å²) in [6.45, 7) is 7.63. The predicted octanol–water partition coefficient (Wildman–Crippen LogP) is 5.55. The Kier molecular flexibility index (Phi) is 5.84. The van der Waals surface area contributed by atoms with Crippen LogP contribution in [0.25, 0.3) is 0 Å². The molecule has 2 rings (SSSR count). The number of hydrogen-bond acceptors (Lipinski definition) is 1. The Bertz CT molecular complexity index is 543. The summed E-state index contributed by atoms with van der Waals surface area (Å²) in [5.74, 6) is 0.566. The van der Waals surface area contributed by atoms with Gasteiger partial charge in [0.15, 0.2) is 0 Å². The minimum Gasteiger partial charge on any atom is -0.306 e. The maximum Gasteiger partial charge on any atom is 0.0576 e. The van der Waals surface area contributed by atoms with E-state index in [2.05, 4.69) is 62.5 Å². The highest BCUT2D eigenvalue weighted by atomic mass is 35.5. The van der Waals surface area contributed by atoms with E-state index in [1.54, 1.807) is 0 Å². The van der Waals surface area contributed by atoms with Gasteiger partial charge in [-0.3, -0.25) is 0 Å². The molecule has 0 fully saturated rings. The lowest BCUT2D eigenvalue weighted by Gasteiger charge is -2.20. The van der Waals surface area contributed by atoms with Gasteiger partial charge in [0.2, 0.25) is 0 Å². The molecule has 2 aromatic rings. The molecule has 1 unspecified atom stereocenters. The number of hydrogen-bond donors (Lipinski definition) is 1. The smallest absolute Gasteiger partial charge is 0.0576 e. The van der Waals surface area contributed by atoms with Crippen LogP contribution in [0.4, 0.5) is 0 Å². The Labute approximate surface area is 133 Å². The zero-order valence-electron chi connectivity index (χ0n) is 13.1. The van der Waals surface area contributed by atoms with E-state index in [0.29, 0.717) is 5.92 Å². The standard InChI is InChI=1S/C19H24ClN/c1-4-13-21-19(17-9-11-18(20)12-10-17)16-7-5-15(6-8-16)14(2)3/h5-12,14,19,21H,4,13H2,1-3H3. The average molecular weight is 302 g/mol. The SMILES string of the molecule is CCCNC(c1ccc(Cl)cc1)c1ccc(C(C)C)cc1. The van der Waals surface area contributed by atoms with Gasteiger partial charge in [0, 0.05) is 5.02 Å². The van der Waals surface area contributed by atoms with E-state index >= 15 is 0 Å². The molecule has 1 N–H and O–H groups in total. The summed E-state index contributed by atoms with van der Waals surface area (Å²) in [6.07, 6.45) is 1.12. The van der Waals surface area contributed by atoms with E-state index in [1.165, 1.54) is 16.7 Å². The first-order valence-electron chi connectivity index (χ1n) is 7.70. The third-order valence-corrected chi connectivity index (χ3v) is 3.99. The molecule has 0 aromatic heterocycles. The minimum absolute atomic E-state index is 0.225. The molecule has 0 amide bonds. The van der Waals surface area contributed by atoms with Gasteiger partial charge in [-0.05, 0) is 47.7 Å². The topological polar surface area (TPSA) is 12.0 Å². The van der Waals surface area contributed by atoms with Crippen LogP contribution in [-0.4, -0.2) is 6.54 Å². The number of halogens is 1. The van der Waals surface area contributed by atoms with E-state index in [4.69, 9.17) is 11.6 Å². The van der Waals surface area contributed by atoms with E-state index < -0.39 is 0 Å². The highest BCUT2D eigenvalue weighted by molar-refractivity contribution is 6.30. The van der Waals surface area contributed by atoms with Gasteiger partial charge in [0.05, 0.1) is 6.04 Å². The van der Waals surface area contributed by atoms with E-state index in [9.17, 15) is 0 Å². The van der Waals surface area contributed by atoms with Gasteiger partial charge in [-0.15, -0.1) is 0 Å². The first kappa shape index (κ1) is 16.1. The van der Waals surface area contributed by atoms with Crippen LogP contribution in [-0.2, 0) is 0 Å². The maximum atomic E-state index is 6.00. The zero-order valence-corrected chi connectivity index (χ0v) is 13.8. The molecule has 21 heavy (non-hydrogen) atoms. The Morgan fingerprint density at radius 2 is 1.33 bits per heavy atom. The number of benzene rings is 2. The zero-order chi connectivity index (χ0) is 15.2. The van der Waals surface area contributed by atoms with Crippen molar-refractivity contribution in [3.63, 3.8) is 0 Å². The van der Waals surface area contributed by atoms with Gasteiger partial charge in [-0.25, -0.2) is 0 Å². The predicted molar refractivity (Wildman–Crippen MR) is 92.1 cm³/mol. The first-order valence-corrected chi connectivity index (χ1v) is 8.08. The highest BCUT2D eigenvalue weighted by Crippen LogP contribution is 2.25. The highest BCUT2D eigenvalue weighted by Gasteiger charge is 2.13. The van der Waals surface area contributed by atoms with Crippen molar-refractivity contribution in [1.82, 2.24) is 5.32 Å². The number of rotatable bonds is 6. The van der Waals surface area contributed by atoms with Gasteiger partial charge in [0.25, 0.3) is 0 Å². The molecular weight excluding hydrogens is 278 g/mol. The molecule has 2 aromatic carbocycles. The first-order chi connectivity index (χ1) is 10.1. The van der Waals surface area contributed by atoms with Crippen molar-refractivity contribution >= 4 is 11.6 Å². The fourth-order valence-corrected chi connectivity index (χ4v) is 2.57. The van der Waals surface area contributed by atoms with Crippen molar-refractivity contribution in [3.8, 4) is 0 Å². The van der Waals surface area contributed by atoms with E-state index in [1.807, 2.05) is 12.1 Å². The molecule has 0 saturated carbocycles. The van der Waals surface area contributed by atoms with Crippen molar-refractivity contribution in [2.75, 3.05) is 6.54 Å². The van der Waals surface area contributed by atoms with Crippen molar-refractivity contribution in [1.29, 1.82) is 0 Å². The van der Waals surface area contributed by atoms with Crippen LogP contribution in [0.2, 0.25) is 5.02 Å². The van der Waals surface area contributed by atoms with Crippen LogP contribution in [0.1, 0.15) is 55.8 Å². The summed E-state index contributed by atoms with van der Waals surface area (Å²) in [6, 6.07) is 17.3. The average Bonchev–Trinajstić information content (AvgIpc) is 2.50. The summed E-state index contributed by atoms with van der Waals surface area (Å²) >= 11 is 6.00. The monoisotopic (exact) mass is 301 g/mol. The van der Waals surface area contributed by atoms with Gasteiger partial charge in [-0.1, -0.05) is 68.8 Å². The Balaban J connectivity index is 2.28. The van der Waals surface area contributed by atoms with Crippen molar-refractivity contribution in [3.05, 3.63) is 70.2 Å². The van der Waals surface area contributed by atoms with Crippen LogP contribution in [0, 0.1) is 0 Å². The molecule has 0 bridgehead atoms. The molecule has 0 aliphatic rings. The van der Waals surface area contributed by atoms with Gasteiger partial charge < -0.3 is 5.32 Å². The second kappa shape index (κ2) is 7.63. The van der Waals surface area contributed by atoms with Gasteiger partial charge in [0.1, 0.15) is 0 Å². The van der Waals surface area contributed by atoms with Gasteiger partial charge in [-0.2, -0.15) is 0 Å². The van der Waals surface area contributed by atoms with Gasteiger partial charge >= 0.3 is 0 Å². The third-order valence-electron chi connectivity index (χ3n) is 3.74. The molecule has 1 nitrogen and oxygen atoms in total. The summed E-state index contributed by atoms with van der Waals surface area (Å²) in [5, 5.41) is 4.41. The molecule has 0 radical (unpaired) electrons. The molecule has 0 aliphatic heterocycles. The lowest BCUT2D eigenvalue weighted by Crippen LogP contribution is -2.23. The molecule has 2 heteroatoms. The molecule has 0 aliphatic carbocycles. The van der Waals surface area contributed by atoms with Crippen LogP contribution < -0.4 is 5.32 Å². The number of nitrogens with one attached hydrogen (secondary N) is 1. The molecule has 0 heterocycles.